The third kappa shape index (κ3) is 2.43. The molecule has 1 aromatic rings. The minimum atomic E-state index is -1.61. The summed E-state index contributed by atoms with van der Waals surface area (Å²) in [6.45, 7) is 10.7. The van der Waals surface area contributed by atoms with Crippen molar-refractivity contribution < 1.29 is 4.43 Å². The van der Waals surface area contributed by atoms with Crippen molar-refractivity contribution in [2.45, 2.75) is 31.7 Å². The summed E-state index contributed by atoms with van der Waals surface area (Å²) in [6, 6.07) is 8.43. The second-order valence-electron chi connectivity index (χ2n) is 5.50. The molecule has 0 aliphatic heterocycles. The first-order valence-corrected chi connectivity index (χ1v) is 9.47. The van der Waals surface area contributed by atoms with Gasteiger partial charge in [-0.05, 0) is 30.8 Å². The van der Waals surface area contributed by atoms with Crippen molar-refractivity contribution in [1.82, 2.24) is 0 Å². The summed E-state index contributed by atoms with van der Waals surface area (Å²) in [5.74, 6) is 0. The fraction of sp³-hybridized carbons (Fsp3) is 0.333. The van der Waals surface area contributed by atoms with E-state index in [1.807, 2.05) is 6.08 Å². The predicted octanol–water partition coefficient (Wildman–Crippen LogP) is 4.34. The molecule has 0 amide bonds. The lowest BCUT2D eigenvalue weighted by Gasteiger charge is -2.39. The molecule has 0 saturated carbocycles. The smallest absolute Gasteiger partial charge is 0.185 e. The molecule has 17 heavy (non-hydrogen) atoms. The third-order valence-corrected chi connectivity index (χ3v) is 3.93. The molecule has 0 aromatic heterocycles. The van der Waals surface area contributed by atoms with Gasteiger partial charge in [0.25, 0.3) is 0 Å². The molecule has 0 spiro atoms. The van der Waals surface area contributed by atoms with Crippen molar-refractivity contribution >= 4 is 14.4 Å². The van der Waals surface area contributed by atoms with Crippen molar-refractivity contribution in [3.8, 4) is 0 Å². The molecule has 0 saturated heterocycles. The zero-order valence-corrected chi connectivity index (χ0v) is 11.9. The third-order valence-electron chi connectivity index (χ3n) is 2.95. The van der Waals surface area contributed by atoms with Gasteiger partial charge in [0.1, 0.15) is 5.60 Å². The molecule has 2 rings (SSSR count). The van der Waals surface area contributed by atoms with Crippen molar-refractivity contribution in [1.29, 1.82) is 0 Å². The van der Waals surface area contributed by atoms with Crippen molar-refractivity contribution in [2.75, 3.05) is 0 Å². The van der Waals surface area contributed by atoms with Crippen LogP contribution >= 0.6 is 0 Å². The van der Waals surface area contributed by atoms with Crippen LogP contribution in [0.1, 0.15) is 17.5 Å². The maximum Gasteiger partial charge on any atom is 0.185 e. The molecule has 1 nitrogen and oxygen atoms in total. The Labute approximate surface area is 105 Å². The van der Waals surface area contributed by atoms with Crippen LogP contribution in [0.3, 0.4) is 0 Å². The van der Waals surface area contributed by atoms with Crippen molar-refractivity contribution in [2.24, 2.45) is 0 Å². The molecule has 1 unspecified atom stereocenters. The van der Waals surface area contributed by atoms with Gasteiger partial charge in [-0.2, -0.15) is 0 Å². The molecule has 0 radical (unpaired) electrons. The summed E-state index contributed by atoms with van der Waals surface area (Å²) >= 11 is 0. The van der Waals surface area contributed by atoms with Gasteiger partial charge < -0.3 is 4.43 Å². The fourth-order valence-electron chi connectivity index (χ4n) is 2.38. The van der Waals surface area contributed by atoms with Gasteiger partial charge >= 0.3 is 0 Å². The van der Waals surface area contributed by atoms with Crippen LogP contribution in [0.2, 0.25) is 19.6 Å². The second-order valence-corrected chi connectivity index (χ2v) is 9.93. The Morgan fingerprint density at radius 1 is 1.29 bits per heavy atom. The van der Waals surface area contributed by atoms with Gasteiger partial charge in [-0.15, -0.1) is 0 Å². The SMILES string of the molecule is C=CC1(O[Si](C)(C)C)CC=Cc2ccccc21. The van der Waals surface area contributed by atoms with Gasteiger partial charge in [0.05, 0.1) is 0 Å². The average molecular weight is 244 g/mol. The lowest BCUT2D eigenvalue weighted by atomic mass is 9.83. The van der Waals surface area contributed by atoms with E-state index in [-0.39, 0.29) is 5.60 Å². The quantitative estimate of drug-likeness (QED) is 0.568. The van der Waals surface area contributed by atoms with Gasteiger partial charge in [-0.3, -0.25) is 0 Å². The number of hydrogen-bond donors (Lipinski definition) is 0. The topological polar surface area (TPSA) is 9.23 Å². The molecule has 0 bridgehead atoms. The van der Waals surface area contributed by atoms with Crippen LogP contribution in [-0.4, -0.2) is 8.32 Å². The minimum Gasteiger partial charge on any atom is -0.404 e. The number of hydrogen-bond acceptors (Lipinski definition) is 1. The molecule has 2 heteroatoms. The molecular formula is C15H20OSi. The monoisotopic (exact) mass is 244 g/mol. The van der Waals surface area contributed by atoms with Crippen LogP contribution < -0.4 is 0 Å². The van der Waals surface area contributed by atoms with E-state index in [9.17, 15) is 0 Å². The number of fused-ring (bicyclic) bond motifs is 1. The minimum absolute atomic E-state index is 0.324. The van der Waals surface area contributed by atoms with Gasteiger partial charge in [-0.25, -0.2) is 0 Å². The van der Waals surface area contributed by atoms with Crippen molar-refractivity contribution in [3.05, 3.63) is 54.1 Å². The Kier molecular flexibility index (Phi) is 3.10. The predicted molar refractivity (Wildman–Crippen MR) is 76.4 cm³/mol. The first-order chi connectivity index (χ1) is 7.97. The van der Waals surface area contributed by atoms with Crippen LogP contribution in [0, 0.1) is 0 Å². The number of benzene rings is 1. The summed E-state index contributed by atoms with van der Waals surface area (Å²) in [7, 11) is -1.61. The highest BCUT2D eigenvalue weighted by molar-refractivity contribution is 6.69. The standard InChI is InChI=1S/C15H20OSi/c1-5-15(16-17(2,3)4)12-8-10-13-9-6-7-11-14(13)15/h5-11H,1,12H2,2-4H3. The van der Waals surface area contributed by atoms with Crippen LogP contribution in [0.25, 0.3) is 6.08 Å². The van der Waals surface area contributed by atoms with Gasteiger partial charge in [0.2, 0.25) is 0 Å². The second kappa shape index (κ2) is 4.28. The van der Waals surface area contributed by atoms with Gasteiger partial charge in [-0.1, -0.05) is 49.1 Å². The largest absolute Gasteiger partial charge is 0.404 e. The maximum atomic E-state index is 6.41. The van der Waals surface area contributed by atoms with E-state index >= 15 is 0 Å². The first-order valence-electron chi connectivity index (χ1n) is 6.07. The zero-order chi connectivity index (χ0) is 12.5. The summed E-state index contributed by atoms with van der Waals surface area (Å²) in [5.41, 5.74) is 2.17. The Morgan fingerprint density at radius 2 is 2.00 bits per heavy atom. The summed E-state index contributed by atoms with van der Waals surface area (Å²) in [5, 5.41) is 0. The maximum absolute atomic E-state index is 6.41. The van der Waals surface area contributed by atoms with Crippen LogP contribution in [-0.2, 0) is 10.0 Å². The molecular weight excluding hydrogens is 224 g/mol. The Balaban J connectivity index is 2.49. The van der Waals surface area contributed by atoms with Crippen LogP contribution in [0.4, 0.5) is 0 Å². The van der Waals surface area contributed by atoms with E-state index in [1.54, 1.807) is 0 Å². The molecule has 1 aliphatic rings. The lowest BCUT2D eigenvalue weighted by Crippen LogP contribution is -2.40. The van der Waals surface area contributed by atoms with Crippen LogP contribution in [0.5, 0.6) is 0 Å². The molecule has 0 N–H and O–H groups in total. The highest BCUT2D eigenvalue weighted by Gasteiger charge is 2.36. The fourth-order valence-corrected chi connectivity index (χ4v) is 3.75. The molecule has 0 heterocycles. The highest BCUT2D eigenvalue weighted by Crippen LogP contribution is 2.39. The van der Waals surface area contributed by atoms with Gasteiger partial charge in [0, 0.05) is 6.42 Å². The first kappa shape index (κ1) is 12.3. The molecule has 1 aromatic carbocycles. The number of rotatable bonds is 3. The Bertz CT molecular complexity index is 456. The summed E-state index contributed by atoms with van der Waals surface area (Å²) < 4.78 is 6.41. The van der Waals surface area contributed by atoms with E-state index in [0.717, 1.165) is 6.42 Å². The molecule has 1 atom stereocenters. The van der Waals surface area contributed by atoms with E-state index < -0.39 is 8.32 Å². The zero-order valence-electron chi connectivity index (χ0n) is 10.9. The van der Waals surface area contributed by atoms with E-state index in [1.165, 1.54) is 11.1 Å². The highest BCUT2D eigenvalue weighted by atomic mass is 28.4. The Hall–Kier alpha value is -1.12. The molecule has 0 fully saturated rings. The van der Waals surface area contributed by atoms with Gasteiger partial charge in [0.15, 0.2) is 8.32 Å². The lowest BCUT2D eigenvalue weighted by molar-refractivity contribution is 0.113. The molecule has 1 aliphatic carbocycles. The summed E-state index contributed by atoms with van der Waals surface area (Å²) in [6.07, 6.45) is 7.21. The van der Waals surface area contributed by atoms with Crippen LogP contribution in [0.15, 0.2) is 43.0 Å². The molecule has 90 valence electrons. The average Bonchev–Trinajstić information content (AvgIpc) is 2.27. The normalized spacial score (nSPS) is 23.2. The van der Waals surface area contributed by atoms with E-state index in [4.69, 9.17) is 4.43 Å². The Morgan fingerprint density at radius 3 is 2.65 bits per heavy atom. The summed E-state index contributed by atoms with van der Waals surface area (Å²) in [4.78, 5) is 0. The van der Waals surface area contributed by atoms with Crippen molar-refractivity contribution in [3.63, 3.8) is 0 Å². The van der Waals surface area contributed by atoms with E-state index in [2.05, 4.69) is 62.6 Å². The van der Waals surface area contributed by atoms with E-state index in [0.29, 0.717) is 0 Å².